The lowest BCUT2D eigenvalue weighted by atomic mass is 9.87. The molecule has 1 aromatic carbocycles. The Morgan fingerprint density at radius 2 is 1.70 bits per heavy atom. The van der Waals surface area contributed by atoms with Gasteiger partial charge in [-0.1, -0.05) is 45.7 Å². The van der Waals surface area contributed by atoms with Crippen molar-refractivity contribution >= 4 is 11.9 Å². The highest BCUT2D eigenvalue weighted by molar-refractivity contribution is 5.92. The van der Waals surface area contributed by atoms with Gasteiger partial charge in [-0.2, -0.15) is 0 Å². The van der Waals surface area contributed by atoms with Crippen molar-refractivity contribution in [3.05, 3.63) is 35.4 Å². The van der Waals surface area contributed by atoms with Gasteiger partial charge in [0.15, 0.2) is 6.10 Å². The molecule has 1 atom stereocenters. The molecule has 0 saturated heterocycles. The number of benzene rings is 1. The van der Waals surface area contributed by atoms with Gasteiger partial charge in [0.25, 0.3) is 5.91 Å². The maximum Gasteiger partial charge on any atom is 0.338 e. The Balaban J connectivity index is 1.91. The van der Waals surface area contributed by atoms with Crippen molar-refractivity contribution in [1.82, 2.24) is 5.32 Å². The molecular weight excluding hydrogens is 290 g/mol. The second kappa shape index (κ2) is 7.16. The summed E-state index contributed by atoms with van der Waals surface area (Å²) in [6.45, 7) is 7.98. The number of carbonyl (C=O) groups is 2. The molecule has 1 aliphatic carbocycles. The summed E-state index contributed by atoms with van der Waals surface area (Å²) in [7, 11) is 0. The quantitative estimate of drug-likeness (QED) is 0.863. The third-order valence-corrected chi connectivity index (χ3v) is 4.34. The van der Waals surface area contributed by atoms with E-state index in [1.54, 1.807) is 19.1 Å². The van der Waals surface area contributed by atoms with Gasteiger partial charge >= 0.3 is 5.97 Å². The topological polar surface area (TPSA) is 55.4 Å². The van der Waals surface area contributed by atoms with Crippen LogP contribution in [0.1, 0.15) is 69.3 Å². The van der Waals surface area contributed by atoms with Crippen LogP contribution in [0, 0.1) is 0 Å². The van der Waals surface area contributed by atoms with Crippen LogP contribution < -0.4 is 5.32 Å². The van der Waals surface area contributed by atoms with E-state index in [9.17, 15) is 9.59 Å². The minimum Gasteiger partial charge on any atom is -0.449 e. The summed E-state index contributed by atoms with van der Waals surface area (Å²) in [6, 6.07) is 7.60. The minimum atomic E-state index is -0.773. The van der Waals surface area contributed by atoms with Crippen molar-refractivity contribution in [2.24, 2.45) is 0 Å². The monoisotopic (exact) mass is 317 g/mol. The molecule has 0 spiro atoms. The Labute approximate surface area is 138 Å². The Morgan fingerprint density at radius 1 is 1.13 bits per heavy atom. The third-order valence-electron chi connectivity index (χ3n) is 4.34. The molecule has 1 N–H and O–H groups in total. The van der Waals surface area contributed by atoms with Gasteiger partial charge in [-0.15, -0.1) is 0 Å². The van der Waals surface area contributed by atoms with Crippen molar-refractivity contribution in [2.75, 3.05) is 0 Å². The summed E-state index contributed by atoms with van der Waals surface area (Å²) in [5.74, 6) is -0.670. The number of rotatable bonds is 4. The van der Waals surface area contributed by atoms with Crippen LogP contribution in [0.15, 0.2) is 24.3 Å². The van der Waals surface area contributed by atoms with Gasteiger partial charge in [-0.05, 0) is 42.9 Å². The average Bonchev–Trinajstić information content (AvgIpc) is 2.99. The van der Waals surface area contributed by atoms with E-state index in [2.05, 4.69) is 26.1 Å². The van der Waals surface area contributed by atoms with Crippen molar-refractivity contribution in [2.45, 2.75) is 70.9 Å². The standard InChI is InChI=1S/C19H27NO3/c1-13(17(21)20-16-7-5-6-8-16)23-18(22)14-9-11-15(12-10-14)19(2,3)4/h9-13,16H,5-8H2,1-4H3,(H,20,21)/t13-/m1/s1. The van der Waals surface area contributed by atoms with Crippen LogP contribution in [0.2, 0.25) is 0 Å². The fourth-order valence-corrected chi connectivity index (χ4v) is 2.78. The summed E-state index contributed by atoms with van der Waals surface area (Å²) < 4.78 is 5.28. The maximum atomic E-state index is 12.2. The molecule has 126 valence electrons. The fraction of sp³-hybridized carbons (Fsp3) is 0.579. The third kappa shape index (κ3) is 4.81. The summed E-state index contributed by atoms with van der Waals surface area (Å²) in [5.41, 5.74) is 1.66. The lowest BCUT2D eigenvalue weighted by Gasteiger charge is -2.19. The first kappa shape index (κ1) is 17.5. The molecule has 0 unspecified atom stereocenters. The predicted molar refractivity (Wildman–Crippen MR) is 90.4 cm³/mol. The number of ether oxygens (including phenoxy) is 1. The molecule has 0 bridgehead atoms. The largest absolute Gasteiger partial charge is 0.449 e. The lowest BCUT2D eigenvalue weighted by Crippen LogP contribution is -2.40. The second-order valence-electron chi connectivity index (χ2n) is 7.36. The molecule has 1 fully saturated rings. The van der Waals surface area contributed by atoms with Crippen molar-refractivity contribution in [3.63, 3.8) is 0 Å². The van der Waals surface area contributed by atoms with Gasteiger partial charge in [-0.25, -0.2) is 4.79 Å². The highest BCUT2D eigenvalue weighted by atomic mass is 16.5. The van der Waals surface area contributed by atoms with Crippen LogP contribution in [0.4, 0.5) is 0 Å². The molecule has 4 nitrogen and oxygen atoms in total. The van der Waals surface area contributed by atoms with Crippen LogP contribution in [-0.4, -0.2) is 24.0 Å². The first-order valence-corrected chi connectivity index (χ1v) is 8.39. The normalized spacial score (nSPS) is 16.9. The number of hydrogen-bond acceptors (Lipinski definition) is 3. The van der Waals surface area contributed by atoms with Crippen molar-refractivity contribution in [3.8, 4) is 0 Å². The van der Waals surface area contributed by atoms with Gasteiger partial charge < -0.3 is 10.1 Å². The van der Waals surface area contributed by atoms with Crippen LogP contribution in [0.5, 0.6) is 0 Å². The predicted octanol–water partition coefficient (Wildman–Crippen LogP) is 3.59. The highest BCUT2D eigenvalue weighted by Crippen LogP contribution is 2.22. The first-order valence-electron chi connectivity index (χ1n) is 8.39. The molecular formula is C19H27NO3. The van der Waals surface area contributed by atoms with E-state index in [4.69, 9.17) is 4.74 Å². The summed E-state index contributed by atoms with van der Waals surface area (Å²) in [4.78, 5) is 24.2. The zero-order valence-electron chi connectivity index (χ0n) is 14.5. The first-order chi connectivity index (χ1) is 10.8. The van der Waals surface area contributed by atoms with Gasteiger partial charge in [-0.3, -0.25) is 4.79 Å². The smallest absolute Gasteiger partial charge is 0.338 e. The average molecular weight is 317 g/mol. The second-order valence-corrected chi connectivity index (χ2v) is 7.36. The summed E-state index contributed by atoms with van der Waals surface area (Å²) in [5, 5.41) is 2.95. The zero-order valence-corrected chi connectivity index (χ0v) is 14.5. The molecule has 1 aliphatic rings. The van der Waals surface area contributed by atoms with E-state index in [0.29, 0.717) is 5.56 Å². The van der Waals surface area contributed by atoms with E-state index in [1.165, 1.54) is 0 Å². The van der Waals surface area contributed by atoms with E-state index in [1.807, 2.05) is 12.1 Å². The highest BCUT2D eigenvalue weighted by Gasteiger charge is 2.23. The summed E-state index contributed by atoms with van der Waals surface area (Å²) >= 11 is 0. The van der Waals surface area contributed by atoms with Crippen LogP contribution >= 0.6 is 0 Å². The number of nitrogens with one attached hydrogen (secondary N) is 1. The van der Waals surface area contributed by atoms with Gasteiger partial charge in [0, 0.05) is 6.04 Å². The van der Waals surface area contributed by atoms with E-state index in [0.717, 1.165) is 31.2 Å². The molecule has 23 heavy (non-hydrogen) atoms. The van der Waals surface area contributed by atoms with Gasteiger partial charge in [0.2, 0.25) is 0 Å². The Kier molecular flexibility index (Phi) is 5.45. The molecule has 0 heterocycles. The number of hydrogen-bond donors (Lipinski definition) is 1. The molecule has 1 saturated carbocycles. The molecule has 0 aliphatic heterocycles. The number of amides is 1. The van der Waals surface area contributed by atoms with E-state index < -0.39 is 12.1 Å². The van der Waals surface area contributed by atoms with Gasteiger partial charge in [0.05, 0.1) is 5.56 Å². The molecule has 1 amide bonds. The number of carbonyl (C=O) groups excluding carboxylic acids is 2. The lowest BCUT2D eigenvalue weighted by molar-refractivity contribution is -0.129. The molecule has 0 aromatic heterocycles. The molecule has 2 rings (SSSR count). The van der Waals surface area contributed by atoms with Crippen molar-refractivity contribution in [1.29, 1.82) is 0 Å². The van der Waals surface area contributed by atoms with Crippen LogP contribution in [0.3, 0.4) is 0 Å². The van der Waals surface area contributed by atoms with Crippen LogP contribution in [0.25, 0.3) is 0 Å². The molecule has 4 heteroatoms. The Morgan fingerprint density at radius 3 is 2.22 bits per heavy atom. The molecule has 0 radical (unpaired) electrons. The minimum absolute atomic E-state index is 0.0386. The molecule has 1 aromatic rings. The fourth-order valence-electron chi connectivity index (χ4n) is 2.78. The Hall–Kier alpha value is -1.84. The Bertz CT molecular complexity index is 551. The number of esters is 1. The summed E-state index contributed by atoms with van der Waals surface area (Å²) in [6.07, 6.45) is 3.56. The van der Waals surface area contributed by atoms with Crippen LogP contribution in [-0.2, 0) is 14.9 Å². The van der Waals surface area contributed by atoms with E-state index >= 15 is 0 Å². The van der Waals surface area contributed by atoms with E-state index in [-0.39, 0.29) is 17.4 Å². The van der Waals surface area contributed by atoms with Crippen molar-refractivity contribution < 1.29 is 14.3 Å². The maximum absolute atomic E-state index is 12.2. The van der Waals surface area contributed by atoms with Gasteiger partial charge in [0.1, 0.15) is 0 Å². The SMILES string of the molecule is C[C@@H](OC(=O)c1ccc(C(C)(C)C)cc1)C(=O)NC1CCCC1. The zero-order chi connectivity index (χ0) is 17.0.